The van der Waals surface area contributed by atoms with E-state index >= 15 is 0 Å². The average molecular weight is 221 g/mol. The van der Waals surface area contributed by atoms with E-state index in [9.17, 15) is 4.39 Å². The van der Waals surface area contributed by atoms with Crippen LogP contribution in [0.5, 0.6) is 0 Å². The summed E-state index contributed by atoms with van der Waals surface area (Å²) in [6.07, 6.45) is 1.85. The zero-order valence-corrected chi connectivity index (χ0v) is 9.09. The molecule has 2 rings (SSSR count). The predicted molar refractivity (Wildman–Crippen MR) is 63.2 cm³/mol. The highest BCUT2D eigenvalue weighted by atomic mass is 19.1. The molecule has 86 valence electrons. The van der Waals surface area contributed by atoms with Crippen molar-refractivity contribution in [2.75, 3.05) is 18.8 Å². The van der Waals surface area contributed by atoms with Crippen LogP contribution in [0, 0.1) is 17.1 Å². The van der Waals surface area contributed by atoms with E-state index in [1.807, 2.05) is 0 Å². The van der Waals surface area contributed by atoms with Gasteiger partial charge in [0.25, 0.3) is 0 Å². The van der Waals surface area contributed by atoms with Gasteiger partial charge in [-0.25, -0.2) is 4.39 Å². The monoisotopic (exact) mass is 221 g/mol. The summed E-state index contributed by atoms with van der Waals surface area (Å²) in [7, 11) is 0. The van der Waals surface area contributed by atoms with Crippen LogP contribution in [-0.4, -0.2) is 18.8 Å². The topological polar surface area (TPSA) is 61.9 Å². The maximum atomic E-state index is 13.1. The maximum absolute atomic E-state index is 13.1. The standard InChI is InChI=1S/C12H16FN3/c13-9-1-2-11(14)10(7-9)12(15)8-3-5-16-6-4-8/h1-2,7-8,15-16H,3-6,14H2. The van der Waals surface area contributed by atoms with E-state index in [2.05, 4.69) is 5.32 Å². The zero-order valence-electron chi connectivity index (χ0n) is 9.09. The van der Waals surface area contributed by atoms with E-state index < -0.39 is 0 Å². The van der Waals surface area contributed by atoms with Crippen molar-refractivity contribution >= 4 is 11.4 Å². The molecule has 1 fully saturated rings. The first-order chi connectivity index (χ1) is 7.68. The fraction of sp³-hybridized carbons (Fsp3) is 0.417. The molecular formula is C12H16FN3. The molecule has 0 radical (unpaired) electrons. The van der Waals surface area contributed by atoms with Crippen molar-refractivity contribution in [3.8, 4) is 0 Å². The summed E-state index contributed by atoms with van der Waals surface area (Å²) >= 11 is 0. The molecule has 1 aliphatic rings. The molecule has 0 aromatic heterocycles. The van der Waals surface area contributed by atoms with Crippen LogP contribution < -0.4 is 11.1 Å². The van der Waals surface area contributed by atoms with Crippen LogP contribution in [0.2, 0.25) is 0 Å². The molecule has 0 unspecified atom stereocenters. The van der Waals surface area contributed by atoms with Crippen LogP contribution in [0.1, 0.15) is 18.4 Å². The molecule has 1 aliphatic heterocycles. The quantitative estimate of drug-likeness (QED) is 0.526. The van der Waals surface area contributed by atoms with Crippen LogP contribution in [0.3, 0.4) is 0 Å². The Labute approximate surface area is 94.4 Å². The van der Waals surface area contributed by atoms with E-state index in [1.54, 1.807) is 0 Å². The molecule has 4 N–H and O–H groups in total. The van der Waals surface area contributed by atoms with E-state index in [-0.39, 0.29) is 11.7 Å². The SMILES string of the molecule is N=C(c1cc(F)ccc1N)C1CCNCC1. The first-order valence-corrected chi connectivity index (χ1v) is 5.53. The van der Waals surface area contributed by atoms with Crippen molar-refractivity contribution in [2.24, 2.45) is 5.92 Å². The molecule has 4 heteroatoms. The van der Waals surface area contributed by atoms with Crippen molar-refractivity contribution in [3.63, 3.8) is 0 Å². The summed E-state index contributed by atoms with van der Waals surface area (Å²) < 4.78 is 13.1. The second-order valence-corrected chi connectivity index (χ2v) is 4.17. The number of benzene rings is 1. The van der Waals surface area contributed by atoms with Gasteiger partial charge >= 0.3 is 0 Å². The van der Waals surface area contributed by atoms with Crippen LogP contribution >= 0.6 is 0 Å². The Balaban J connectivity index is 2.22. The van der Waals surface area contributed by atoms with Crippen molar-refractivity contribution in [1.82, 2.24) is 5.32 Å². The fourth-order valence-electron chi connectivity index (χ4n) is 2.09. The zero-order chi connectivity index (χ0) is 11.5. The van der Waals surface area contributed by atoms with E-state index in [0.717, 1.165) is 25.9 Å². The molecule has 16 heavy (non-hydrogen) atoms. The molecule has 0 amide bonds. The second-order valence-electron chi connectivity index (χ2n) is 4.17. The first-order valence-electron chi connectivity index (χ1n) is 5.53. The molecule has 0 spiro atoms. The van der Waals surface area contributed by atoms with Gasteiger partial charge in [0.1, 0.15) is 5.82 Å². The Morgan fingerprint density at radius 3 is 2.75 bits per heavy atom. The van der Waals surface area contributed by atoms with Gasteiger partial charge in [-0.15, -0.1) is 0 Å². The number of anilines is 1. The largest absolute Gasteiger partial charge is 0.398 e. The summed E-state index contributed by atoms with van der Waals surface area (Å²) in [4.78, 5) is 0. The van der Waals surface area contributed by atoms with Gasteiger partial charge in [-0.2, -0.15) is 0 Å². The minimum absolute atomic E-state index is 0.199. The maximum Gasteiger partial charge on any atom is 0.124 e. The van der Waals surface area contributed by atoms with Crippen molar-refractivity contribution in [3.05, 3.63) is 29.6 Å². The summed E-state index contributed by atoms with van der Waals surface area (Å²) in [6.45, 7) is 1.84. The molecule has 0 aliphatic carbocycles. The molecule has 0 saturated carbocycles. The number of hydrogen-bond donors (Lipinski definition) is 3. The Morgan fingerprint density at radius 2 is 2.06 bits per heavy atom. The van der Waals surface area contributed by atoms with Gasteiger partial charge in [-0.3, -0.25) is 0 Å². The van der Waals surface area contributed by atoms with E-state index in [1.165, 1.54) is 18.2 Å². The number of nitrogen functional groups attached to an aromatic ring is 1. The number of nitrogens with two attached hydrogens (primary N) is 1. The smallest absolute Gasteiger partial charge is 0.124 e. The highest BCUT2D eigenvalue weighted by Gasteiger charge is 2.20. The molecule has 1 aromatic rings. The van der Waals surface area contributed by atoms with Gasteiger partial charge in [0, 0.05) is 22.9 Å². The molecule has 3 nitrogen and oxygen atoms in total. The number of piperidine rings is 1. The van der Waals surface area contributed by atoms with Crippen molar-refractivity contribution < 1.29 is 4.39 Å². The minimum atomic E-state index is -0.331. The normalized spacial score (nSPS) is 17.3. The van der Waals surface area contributed by atoms with Crippen LogP contribution in [0.4, 0.5) is 10.1 Å². The Kier molecular flexibility index (Phi) is 3.19. The third-order valence-corrected chi connectivity index (χ3v) is 3.05. The van der Waals surface area contributed by atoms with E-state index in [0.29, 0.717) is 17.0 Å². The number of halogens is 1. The number of nitrogens with one attached hydrogen (secondary N) is 2. The molecule has 1 heterocycles. The van der Waals surface area contributed by atoms with Crippen molar-refractivity contribution in [2.45, 2.75) is 12.8 Å². The van der Waals surface area contributed by atoms with Crippen molar-refractivity contribution in [1.29, 1.82) is 5.41 Å². The Morgan fingerprint density at radius 1 is 1.38 bits per heavy atom. The molecular weight excluding hydrogens is 205 g/mol. The van der Waals surface area contributed by atoms with Gasteiger partial charge in [-0.05, 0) is 44.1 Å². The average Bonchev–Trinajstić information content (AvgIpc) is 2.32. The van der Waals surface area contributed by atoms with Gasteiger partial charge in [0.2, 0.25) is 0 Å². The highest BCUT2D eigenvalue weighted by molar-refractivity contribution is 6.04. The van der Waals surface area contributed by atoms with E-state index in [4.69, 9.17) is 11.1 Å². The Bertz CT molecular complexity index is 397. The summed E-state index contributed by atoms with van der Waals surface area (Å²) in [5.74, 6) is -0.131. The first kappa shape index (κ1) is 11.1. The Hall–Kier alpha value is -1.42. The lowest BCUT2D eigenvalue weighted by Gasteiger charge is -2.24. The van der Waals surface area contributed by atoms with Crippen LogP contribution in [0.15, 0.2) is 18.2 Å². The molecule has 0 bridgehead atoms. The minimum Gasteiger partial charge on any atom is -0.398 e. The lowest BCUT2D eigenvalue weighted by atomic mass is 9.88. The predicted octanol–water partition coefficient (Wildman–Crippen LogP) is 1.78. The summed E-state index contributed by atoms with van der Waals surface area (Å²) in [5.41, 5.74) is 7.28. The van der Waals surface area contributed by atoms with Gasteiger partial charge in [-0.1, -0.05) is 0 Å². The highest BCUT2D eigenvalue weighted by Crippen LogP contribution is 2.22. The van der Waals surface area contributed by atoms with Gasteiger partial charge in [0.05, 0.1) is 0 Å². The number of hydrogen-bond acceptors (Lipinski definition) is 3. The molecule has 0 atom stereocenters. The van der Waals surface area contributed by atoms with Crippen LogP contribution in [-0.2, 0) is 0 Å². The third-order valence-electron chi connectivity index (χ3n) is 3.05. The summed E-state index contributed by atoms with van der Waals surface area (Å²) in [6, 6.07) is 4.22. The van der Waals surface area contributed by atoms with Gasteiger partial charge < -0.3 is 16.5 Å². The molecule has 1 aromatic carbocycles. The third kappa shape index (κ3) is 2.22. The van der Waals surface area contributed by atoms with Gasteiger partial charge in [0.15, 0.2) is 0 Å². The fourth-order valence-corrected chi connectivity index (χ4v) is 2.09. The molecule has 1 saturated heterocycles. The summed E-state index contributed by atoms with van der Waals surface area (Å²) in [5, 5.41) is 11.3. The lowest BCUT2D eigenvalue weighted by Crippen LogP contribution is -2.32. The number of rotatable bonds is 2. The van der Waals surface area contributed by atoms with Crippen LogP contribution in [0.25, 0.3) is 0 Å². The second kappa shape index (κ2) is 4.61. The lowest BCUT2D eigenvalue weighted by molar-refractivity contribution is 0.456.